The molecule has 0 unspecified atom stereocenters. The van der Waals surface area contributed by atoms with E-state index in [9.17, 15) is 14.7 Å². The number of benzene rings is 2. The molecule has 7 N–H and O–H groups in total. The Hall–Kier alpha value is -4.01. The Labute approximate surface area is 236 Å². The van der Waals surface area contributed by atoms with Crippen molar-refractivity contribution in [2.45, 2.75) is 77.2 Å². The quantitative estimate of drug-likeness (QED) is 0.0860. The first kappa shape index (κ1) is 30.5. The normalized spacial score (nSPS) is 11.7. The molecule has 0 radical (unpaired) electrons. The lowest BCUT2D eigenvalue weighted by Gasteiger charge is -2.17. The number of para-hydroxylation sites is 1. The highest BCUT2D eigenvalue weighted by Gasteiger charge is 2.22. The molecule has 0 bridgehead atoms. The van der Waals surface area contributed by atoms with Crippen LogP contribution in [0.3, 0.4) is 0 Å². The maximum atomic E-state index is 13.2. The van der Waals surface area contributed by atoms with Crippen molar-refractivity contribution in [2.75, 3.05) is 13.2 Å². The lowest BCUT2D eigenvalue weighted by molar-refractivity contribution is -0.139. The van der Waals surface area contributed by atoms with Gasteiger partial charge in [-0.25, -0.2) is 4.79 Å². The van der Waals surface area contributed by atoms with Gasteiger partial charge in [0, 0.05) is 30.1 Å². The van der Waals surface area contributed by atoms with Crippen LogP contribution in [-0.4, -0.2) is 47.1 Å². The lowest BCUT2D eigenvalue weighted by Crippen LogP contribution is -2.41. The Morgan fingerprint density at radius 3 is 2.58 bits per heavy atom. The van der Waals surface area contributed by atoms with Gasteiger partial charge in [0.1, 0.15) is 11.8 Å². The van der Waals surface area contributed by atoms with E-state index in [-0.39, 0.29) is 18.9 Å². The molecule has 0 aliphatic heterocycles. The number of aliphatic carboxylic acids is 1. The number of aliphatic imine (C=N–C) groups is 1. The van der Waals surface area contributed by atoms with Gasteiger partial charge >= 0.3 is 5.97 Å². The van der Waals surface area contributed by atoms with Crippen LogP contribution in [0.5, 0.6) is 5.75 Å². The highest BCUT2D eigenvalue weighted by atomic mass is 16.5. The fourth-order valence-corrected chi connectivity index (χ4v) is 4.75. The number of hydrogen-bond acceptors (Lipinski definition) is 4. The number of aromatic nitrogens is 1. The Bertz CT molecular complexity index is 1270. The molecule has 9 heteroatoms. The third-order valence-corrected chi connectivity index (χ3v) is 6.96. The minimum absolute atomic E-state index is 0.0496. The van der Waals surface area contributed by atoms with E-state index < -0.39 is 17.9 Å². The van der Waals surface area contributed by atoms with Crippen LogP contribution in [0.2, 0.25) is 0 Å². The number of unbranched alkanes of at least 4 members (excludes halogenated alkanes) is 5. The van der Waals surface area contributed by atoms with Crippen molar-refractivity contribution in [2.24, 2.45) is 16.5 Å². The van der Waals surface area contributed by atoms with Crippen molar-refractivity contribution in [3.8, 4) is 5.75 Å². The zero-order valence-corrected chi connectivity index (χ0v) is 23.5. The predicted octanol–water partition coefficient (Wildman–Crippen LogP) is 4.93. The predicted molar refractivity (Wildman–Crippen MR) is 160 cm³/mol. The zero-order chi connectivity index (χ0) is 28.7. The number of carbonyl (C=O) groups excluding carboxylic acids is 1. The van der Waals surface area contributed by atoms with E-state index in [1.54, 1.807) is 6.07 Å². The van der Waals surface area contributed by atoms with Gasteiger partial charge in [0.05, 0.1) is 12.2 Å². The van der Waals surface area contributed by atoms with Crippen LogP contribution >= 0.6 is 0 Å². The number of aromatic amines is 1. The molecule has 9 nitrogen and oxygen atoms in total. The summed E-state index contributed by atoms with van der Waals surface area (Å²) in [6.07, 6.45) is 11.4. The summed E-state index contributed by atoms with van der Waals surface area (Å²) in [6, 6.07) is 12.6. The van der Waals surface area contributed by atoms with Crippen molar-refractivity contribution in [1.82, 2.24) is 10.3 Å². The van der Waals surface area contributed by atoms with Gasteiger partial charge in [0.2, 0.25) is 0 Å². The number of nitrogens with one attached hydrogen (secondary N) is 2. The smallest absolute Gasteiger partial charge is 0.326 e. The summed E-state index contributed by atoms with van der Waals surface area (Å²) in [6.45, 7) is 2.88. The van der Waals surface area contributed by atoms with Gasteiger partial charge in [-0.3, -0.25) is 9.79 Å². The lowest BCUT2D eigenvalue weighted by atomic mass is 10.0. The van der Waals surface area contributed by atoms with Crippen LogP contribution in [0.25, 0.3) is 10.9 Å². The zero-order valence-electron chi connectivity index (χ0n) is 23.5. The highest BCUT2D eigenvalue weighted by molar-refractivity contribution is 5.99. The Morgan fingerprint density at radius 1 is 1.02 bits per heavy atom. The van der Waals surface area contributed by atoms with E-state index in [1.807, 2.05) is 36.5 Å². The number of nitrogens with two attached hydrogens (primary N) is 2. The van der Waals surface area contributed by atoms with Crippen LogP contribution in [0.1, 0.15) is 79.8 Å². The summed E-state index contributed by atoms with van der Waals surface area (Å²) in [5.74, 6) is -1.18. The number of carboxylic acids is 1. The Kier molecular flexibility index (Phi) is 12.3. The topological polar surface area (TPSA) is 156 Å². The van der Waals surface area contributed by atoms with Crippen LogP contribution in [0.4, 0.5) is 0 Å². The van der Waals surface area contributed by atoms with Crippen molar-refractivity contribution < 1.29 is 19.4 Å². The van der Waals surface area contributed by atoms with Gasteiger partial charge < -0.3 is 31.6 Å². The third kappa shape index (κ3) is 9.63. The molecule has 1 aromatic heterocycles. The standard InChI is InChI=1S/C31H43N5O4/c1-2-3-4-5-6-7-11-22-15-16-25(29(37)36-27(30(38)39)14-10-18-34-31(32)33)28(20-22)40-19-17-23-21-35-26-13-9-8-12-24(23)26/h8-9,12-13,15-16,20-21,27,35H,2-7,10-11,14,17-19H2,1H3,(H,36,37)(H,38,39)(H4,32,33,34)/t27-/m0/s1. The van der Waals surface area contributed by atoms with Crippen LogP contribution in [0.15, 0.2) is 53.7 Å². The van der Waals surface area contributed by atoms with Crippen molar-refractivity contribution in [3.05, 3.63) is 65.4 Å². The molecule has 3 rings (SSSR count). The maximum Gasteiger partial charge on any atom is 0.326 e. The van der Waals surface area contributed by atoms with Gasteiger partial charge in [-0.2, -0.15) is 0 Å². The van der Waals surface area contributed by atoms with Crippen molar-refractivity contribution >= 4 is 28.7 Å². The molecule has 0 fully saturated rings. The molecule has 0 aliphatic rings. The molecule has 0 saturated heterocycles. The number of H-pyrrole nitrogens is 1. The first-order valence-corrected chi connectivity index (χ1v) is 14.3. The fraction of sp³-hybridized carbons (Fsp3) is 0.452. The number of fused-ring (bicyclic) bond motifs is 1. The molecule has 40 heavy (non-hydrogen) atoms. The first-order valence-electron chi connectivity index (χ1n) is 14.3. The van der Waals surface area contributed by atoms with Crippen LogP contribution < -0.4 is 21.5 Å². The molecule has 0 saturated carbocycles. The largest absolute Gasteiger partial charge is 0.492 e. The second-order valence-corrected chi connectivity index (χ2v) is 10.1. The van der Waals surface area contributed by atoms with Gasteiger partial charge in [0.15, 0.2) is 5.96 Å². The molecule has 216 valence electrons. The highest BCUT2D eigenvalue weighted by Crippen LogP contribution is 2.24. The molecule has 2 aromatic carbocycles. The molecular weight excluding hydrogens is 506 g/mol. The Morgan fingerprint density at radius 2 is 1.80 bits per heavy atom. The minimum atomic E-state index is -1.11. The number of ether oxygens (including phenoxy) is 1. The molecular formula is C31H43N5O4. The molecule has 1 amide bonds. The fourth-order valence-electron chi connectivity index (χ4n) is 4.75. The monoisotopic (exact) mass is 549 g/mol. The van der Waals surface area contributed by atoms with Gasteiger partial charge in [-0.05, 0) is 55.0 Å². The first-order chi connectivity index (χ1) is 19.4. The number of guanidine groups is 1. The van der Waals surface area contributed by atoms with Gasteiger partial charge in [-0.15, -0.1) is 0 Å². The third-order valence-electron chi connectivity index (χ3n) is 6.96. The summed E-state index contributed by atoms with van der Waals surface area (Å²) in [7, 11) is 0. The number of hydrogen-bond donors (Lipinski definition) is 5. The molecule has 1 heterocycles. The maximum absolute atomic E-state index is 13.2. The number of amides is 1. The summed E-state index contributed by atoms with van der Waals surface area (Å²) in [5.41, 5.74) is 14.3. The molecule has 0 aliphatic carbocycles. The summed E-state index contributed by atoms with van der Waals surface area (Å²) >= 11 is 0. The molecule has 3 aromatic rings. The van der Waals surface area contributed by atoms with Gasteiger partial charge in [-0.1, -0.05) is 63.3 Å². The number of carbonyl (C=O) groups is 2. The second-order valence-electron chi connectivity index (χ2n) is 10.1. The van der Waals surface area contributed by atoms with E-state index in [0.29, 0.717) is 30.8 Å². The number of carboxylic acid groups (broad SMARTS) is 1. The van der Waals surface area contributed by atoms with Crippen LogP contribution in [0, 0.1) is 0 Å². The van der Waals surface area contributed by atoms with Crippen molar-refractivity contribution in [3.63, 3.8) is 0 Å². The van der Waals surface area contributed by atoms with Crippen LogP contribution in [-0.2, 0) is 17.6 Å². The summed E-state index contributed by atoms with van der Waals surface area (Å²) < 4.78 is 6.18. The molecule has 0 spiro atoms. The summed E-state index contributed by atoms with van der Waals surface area (Å²) in [4.78, 5) is 32.2. The SMILES string of the molecule is CCCCCCCCc1ccc(C(=O)N[C@@H](CCCN=C(N)N)C(=O)O)c(OCCc2c[nH]c3ccccc23)c1. The average Bonchev–Trinajstić information content (AvgIpc) is 3.35. The Balaban J connectivity index is 1.69. The average molecular weight is 550 g/mol. The van der Waals surface area contributed by atoms with Gasteiger partial charge in [0.25, 0.3) is 5.91 Å². The van der Waals surface area contributed by atoms with Crippen molar-refractivity contribution in [1.29, 1.82) is 0 Å². The van der Waals surface area contributed by atoms with E-state index in [2.05, 4.69) is 28.3 Å². The number of aryl methyl sites for hydroxylation is 1. The summed E-state index contributed by atoms with van der Waals surface area (Å²) in [5, 5.41) is 13.5. The van der Waals surface area contributed by atoms with E-state index >= 15 is 0 Å². The van der Waals surface area contributed by atoms with E-state index in [1.165, 1.54) is 32.1 Å². The number of rotatable bonds is 18. The van der Waals surface area contributed by atoms with E-state index in [0.717, 1.165) is 34.9 Å². The number of nitrogens with zero attached hydrogens (tertiary/aromatic N) is 1. The van der Waals surface area contributed by atoms with E-state index in [4.69, 9.17) is 16.2 Å². The second kappa shape index (κ2) is 16.2. The molecule has 1 atom stereocenters. The minimum Gasteiger partial charge on any atom is -0.492 e.